The fourth-order valence-electron chi connectivity index (χ4n) is 1.56. The number of carboxylic acid groups (broad SMARTS) is 1. The van der Waals surface area contributed by atoms with E-state index in [-0.39, 0.29) is 6.42 Å². The number of aromatic nitrogens is 1. The Morgan fingerprint density at radius 1 is 1.31 bits per heavy atom. The van der Waals surface area contributed by atoms with Crippen LogP contribution in [0.3, 0.4) is 0 Å². The summed E-state index contributed by atoms with van der Waals surface area (Å²) in [6.45, 7) is 6.01. The molecule has 0 fully saturated rings. The third kappa shape index (κ3) is 2.11. The van der Waals surface area contributed by atoms with E-state index < -0.39 is 5.97 Å². The maximum Gasteiger partial charge on any atom is 0.303 e. The molecule has 0 bridgehead atoms. The molecule has 1 rings (SSSR count). The second-order valence-corrected chi connectivity index (χ2v) is 3.37. The van der Waals surface area contributed by atoms with Gasteiger partial charge in [0.1, 0.15) is 0 Å². The van der Waals surface area contributed by atoms with Crippen LogP contribution in [0.4, 0.5) is 0 Å². The number of carboxylic acids is 1. The highest BCUT2D eigenvalue weighted by Gasteiger charge is 2.09. The first-order valence-electron chi connectivity index (χ1n) is 4.38. The van der Waals surface area contributed by atoms with Gasteiger partial charge in [0, 0.05) is 17.8 Å². The monoisotopic (exact) mass is 181 g/mol. The van der Waals surface area contributed by atoms with E-state index in [0.717, 1.165) is 17.0 Å². The predicted molar refractivity (Wildman–Crippen MR) is 51.0 cm³/mol. The lowest BCUT2D eigenvalue weighted by Crippen LogP contribution is -1.98. The van der Waals surface area contributed by atoms with Gasteiger partial charge < -0.3 is 10.1 Å². The molecule has 72 valence electrons. The fourth-order valence-corrected chi connectivity index (χ4v) is 1.56. The SMILES string of the molecule is Cc1[nH]c(C)c(CCC(=O)O)c1C. The minimum Gasteiger partial charge on any atom is -0.481 e. The number of H-pyrrole nitrogens is 1. The Kier molecular flexibility index (Phi) is 2.76. The molecule has 1 aromatic heterocycles. The van der Waals surface area contributed by atoms with Crippen LogP contribution in [0.25, 0.3) is 0 Å². The van der Waals surface area contributed by atoms with Gasteiger partial charge in [-0.05, 0) is 38.3 Å². The van der Waals surface area contributed by atoms with Crippen molar-refractivity contribution in [3.05, 3.63) is 22.5 Å². The van der Waals surface area contributed by atoms with Crippen LogP contribution < -0.4 is 0 Å². The molecule has 0 saturated carbocycles. The zero-order valence-corrected chi connectivity index (χ0v) is 8.27. The van der Waals surface area contributed by atoms with Gasteiger partial charge in [-0.15, -0.1) is 0 Å². The molecule has 0 atom stereocenters. The highest BCUT2D eigenvalue weighted by molar-refractivity contribution is 5.67. The zero-order chi connectivity index (χ0) is 10.0. The molecule has 1 heterocycles. The van der Waals surface area contributed by atoms with E-state index in [0.29, 0.717) is 6.42 Å². The van der Waals surface area contributed by atoms with E-state index in [1.54, 1.807) is 0 Å². The first kappa shape index (κ1) is 9.84. The third-order valence-corrected chi connectivity index (χ3v) is 2.43. The number of hydrogen-bond acceptors (Lipinski definition) is 1. The van der Waals surface area contributed by atoms with Gasteiger partial charge in [0.15, 0.2) is 0 Å². The number of aryl methyl sites for hydroxylation is 2. The number of rotatable bonds is 3. The average molecular weight is 181 g/mol. The summed E-state index contributed by atoms with van der Waals surface area (Å²) < 4.78 is 0. The summed E-state index contributed by atoms with van der Waals surface area (Å²) in [6, 6.07) is 0. The van der Waals surface area contributed by atoms with Gasteiger partial charge in [0.2, 0.25) is 0 Å². The summed E-state index contributed by atoms with van der Waals surface area (Å²) in [6.07, 6.45) is 0.830. The highest BCUT2D eigenvalue weighted by Crippen LogP contribution is 2.18. The fraction of sp³-hybridized carbons (Fsp3) is 0.500. The second-order valence-electron chi connectivity index (χ2n) is 3.37. The molecule has 1 aromatic rings. The van der Waals surface area contributed by atoms with Gasteiger partial charge in [-0.3, -0.25) is 4.79 Å². The van der Waals surface area contributed by atoms with Crippen molar-refractivity contribution in [3.8, 4) is 0 Å². The van der Waals surface area contributed by atoms with Crippen molar-refractivity contribution in [2.45, 2.75) is 33.6 Å². The molecule has 2 N–H and O–H groups in total. The van der Waals surface area contributed by atoms with Gasteiger partial charge in [0.05, 0.1) is 0 Å². The summed E-state index contributed by atoms with van der Waals surface area (Å²) >= 11 is 0. The number of hydrogen-bond donors (Lipinski definition) is 2. The van der Waals surface area contributed by atoms with Gasteiger partial charge in [-0.1, -0.05) is 0 Å². The Bertz CT molecular complexity index is 326. The van der Waals surface area contributed by atoms with E-state index in [2.05, 4.69) is 4.98 Å². The van der Waals surface area contributed by atoms with Crippen molar-refractivity contribution < 1.29 is 9.90 Å². The Morgan fingerprint density at radius 2 is 1.92 bits per heavy atom. The summed E-state index contributed by atoms with van der Waals surface area (Å²) in [4.78, 5) is 13.6. The molecule has 0 aliphatic heterocycles. The van der Waals surface area contributed by atoms with E-state index in [1.165, 1.54) is 5.56 Å². The number of nitrogens with one attached hydrogen (secondary N) is 1. The van der Waals surface area contributed by atoms with E-state index in [4.69, 9.17) is 5.11 Å². The largest absolute Gasteiger partial charge is 0.481 e. The minimum atomic E-state index is -0.738. The summed E-state index contributed by atoms with van der Waals surface area (Å²) in [5.41, 5.74) is 4.58. The van der Waals surface area contributed by atoms with Crippen LogP contribution in [0.5, 0.6) is 0 Å². The predicted octanol–water partition coefficient (Wildman–Crippen LogP) is 1.96. The van der Waals surface area contributed by atoms with E-state index >= 15 is 0 Å². The van der Waals surface area contributed by atoms with Crippen LogP contribution >= 0.6 is 0 Å². The van der Waals surface area contributed by atoms with Crippen LogP contribution in [0.15, 0.2) is 0 Å². The third-order valence-electron chi connectivity index (χ3n) is 2.43. The van der Waals surface area contributed by atoms with Crippen LogP contribution in [-0.4, -0.2) is 16.1 Å². The second kappa shape index (κ2) is 3.64. The molecular formula is C10H15NO2. The zero-order valence-electron chi connectivity index (χ0n) is 8.27. The Balaban J connectivity index is 2.81. The Labute approximate surface area is 77.8 Å². The first-order chi connectivity index (χ1) is 6.02. The van der Waals surface area contributed by atoms with Crippen molar-refractivity contribution in [2.75, 3.05) is 0 Å². The van der Waals surface area contributed by atoms with Crippen molar-refractivity contribution in [2.24, 2.45) is 0 Å². The quantitative estimate of drug-likeness (QED) is 0.748. The summed E-state index contributed by atoms with van der Waals surface area (Å²) in [5.74, 6) is -0.738. The molecule has 0 saturated heterocycles. The number of aromatic amines is 1. The number of carbonyl (C=O) groups is 1. The molecule has 0 unspecified atom stereocenters. The first-order valence-corrected chi connectivity index (χ1v) is 4.38. The molecular weight excluding hydrogens is 166 g/mol. The number of aliphatic carboxylic acids is 1. The van der Waals surface area contributed by atoms with Gasteiger partial charge in [0.25, 0.3) is 0 Å². The maximum atomic E-state index is 10.4. The Morgan fingerprint density at radius 3 is 2.31 bits per heavy atom. The molecule has 3 nitrogen and oxygen atoms in total. The molecule has 3 heteroatoms. The molecule has 0 aromatic carbocycles. The van der Waals surface area contributed by atoms with Gasteiger partial charge in [-0.25, -0.2) is 0 Å². The Hall–Kier alpha value is -1.25. The van der Waals surface area contributed by atoms with Crippen molar-refractivity contribution in [3.63, 3.8) is 0 Å². The van der Waals surface area contributed by atoms with Crippen molar-refractivity contribution in [1.29, 1.82) is 0 Å². The van der Waals surface area contributed by atoms with Crippen LogP contribution in [0, 0.1) is 20.8 Å². The molecule has 0 amide bonds. The molecule has 13 heavy (non-hydrogen) atoms. The van der Waals surface area contributed by atoms with Crippen LogP contribution in [0.2, 0.25) is 0 Å². The van der Waals surface area contributed by atoms with Gasteiger partial charge in [-0.2, -0.15) is 0 Å². The smallest absolute Gasteiger partial charge is 0.303 e. The van der Waals surface area contributed by atoms with E-state index in [9.17, 15) is 4.79 Å². The molecule has 0 aliphatic rings. The lowest BCUT2D eigenvalue weighted by atomic mass is 10.1. The van der Waals surface area contributed by atoms with Crippen molar-refractivity contribution >= 4 is 5.97 Å². The lowest BCUT2D eigenvalue weighted by Gasteiger charge is -1.99. The van der Waals surface area contributed by atoms with Crippen LogP contribution in [-0.2, 0) is 11.2 Å². The van der Waals surface area contributed by atoms with Crippen LogP contribution in [0.1, 0.15) is 28.9 Å². The summed E-state index contributed by atoms with van der Waals surface area (Å²) in [7, 11) is 0. The highest BCUT2D eigenvalue weighted by atomic mass is 16.4. The van der Waals surface area contributed by atoms with Crippen molar-refractivity contribution in [1.82, 2.24) is 4.98 Å². The van der Waals surface area contributed by atoms with E-state index in [1.807, 2.05) is 20.8 Å². The maximum absolute atomic E-state index is 10.4. The van der Waals surface area contributed by atoms with Gasteiger partial charge >= 0.3 is 5.97 Å². The molecule has 0 spiro atoms. The average Bonchev–Trinajstić information content (AvgIpc) is 2.24. The lowest BCUT2D eigenvalue weighted by molar-refractivity contribution is -0.136. The normalized spacial score (nSPS) is 10.4. The minimum absolute atomic E-state index is 0.207. The molecule has 0 radical (unpaired) electrons. The topological polar surface area (TPSA) is 53.1 Å². The standard InChI is InChI=1S/C10H15NO2/c1-6-7(2)11-8(3)9(6)4-5-10(12)13/h11H,4-5H2,1-3H3,(H,12,13). The molecule has 0 aliphatic carbocycles. The summed E-state index contributed by atoms with van der Waals surface area (Å²) in [5, 5.41) is 8.55.